The summed E-state index contributed by atoms with van der Waals surface area (Å²) in [5, 5.41) is 2.72. The molecule has 4 rings (SSSR count). The Labute approximate surface area is 148 Å². The molecule has 26 heavy (non-hydrogen) atoms. The molecular formula is C19H15F2N3O2. The number of imidazole rings is 1. The zero-order chi connectivity index (χ0) is 18.3. The van der Waals surface area contributed by atoms with Crippen molar-refractivity contribution < 1.29 is 18.3 Å². The Morgan fingerprint density at radius 3 is 2.88 bits per heavy atom. The number of fused-ring (bicyclic) bond motifs is 1. The number of rotatable bonds is 3. The predicted octanol–water partition coefficient (Wildman–Crippen LogP) is 3.63. The lowest BCUT2D eigenvalue weighted by molar-refractivity contribution is -0.116. The Bertz CT molecular complexity index is 1000. The number of carbonyl (C=O) groups is 1. The van der Waals surface area contributed by atoms with Gasteiger partial charge in [-0.25, -0.2) is 13.8 Å². The first kappa shape index (κ1) is 16.3. The summed E-state index contributed by atoms with van der Waals surface area (Å²) in [7, 11) is 1.57. The number of nitrogens with zero attached hydrogens (tertiary/aromatic N) is 2. The standard InChI is InChI=1S/C19H15F2N3O2/c1-26-13-4-2-3-11(7-13)14-9-17(25)23-19-18(14)22-10-24(19)16-8-12(20)5-6-15(16)21/h2-8,10,14H,9H2,1H3,(H,23,25)/t14-/m1/s1. The highest BCUT2D eigenvalue weighted by Gasteiger charge is 2.31. The molecule has 0 spiro atoms. The summed E-state index contributed by atoms with van der Waals surface area (Å²) in [5.41, 5.74) is 1.46. The van der Waals surface area contributed by atoms with Gasteiger partial charge in [-0.1, -0.05) is 12.1 Å². The van der Waals surface area contributed by atoms with Crippen molar-refractivity contribution in [2.45, 2.75) is 12.3 Å². The number of anilines is 1. The van der Waals surface area contributed by atoms with Gasteiger partial charge in [0, 0.05) is 18.4 Å². The highest BCUT2D eigenvalue weighted by molar-refractivity contribution is 5.94. The fourth-order valence-corrected chi connectivity index (χ4v) is 3.19. The van der Waals surface area contributed by atoms with Crippen LogP contribution in [-0.2, 0) is 4.79 Å². The molecule has 1 aliphatic heterocycles. The number of amides is 1. The molecule has 7 heteroatoms. The Balaban J connectivity index is 1.84. The van der Waals surface area contributed by atoms with Crippen LogP contribution >= 0.6 is 0 Å². The van der Waals surface area contributed by atoms with Crippen molar-refractivity contribution in [2.75, 3.05) is 12.4 Å². The average Bonchev–Trinajstić information content (AvgIpc) is 3.06. The minimum Gasteiger partial charge on any atom is -0.497 e. The third-order valence-electron chi connectivity index (χ3n) is 4.44. The van der Waals surface area contributed by atoms with Gasteiger partial charge in [-0.15, -0.1) is 0 Å². The minimum atomic E-state index is -0.607. The van der Waals surface area contributed by atoms with Crippen LogP contribution in [0, 0.1) is 11.6 Å². The lowest BCUT2D eigenvalue weighted by Gasteiger charge is -2.23. The van der Waals surface area contributed by atoms with Crippen molar-refractivity contribution in [3.63, 3.8) is 0 Å². The van der Waals surface area contributed by atoms with Crippen LogP contribution in [0.3, 0.4) is 0 Å². The quantitative estimate of drug-likeness (QED) is 0.781. The second-order valence-corrected chi connectivity index (χ2v) is 6.03. The average molecular weight is 355 g/mol. The largest absolute Gasteiger partial charge is 0.497 e. The fraction of sp³-hybridized carbons (Fsp3) is 0.158. The molecule has 1 atom stereocenters. The summed E-state index contributed by atoms with van der Waals surface area (Å²) in [6.07, 6.45) is 1.60. The summed E-state index contributed by atoms with van der Waals surface area (Å²) in [4.78, 5) is 16.6. The third-order valence-corrected chi connectivity index (χ3v) is 4.44. The maximum absolute atomic E-state index is 14.2. The van der Waals surface area contributed by atoms with Crippen LogP contribution < -0.4 is 10.1 Å². The van der Waals surface area contributed by atoms with Gasteiger partial charge in [0.1, 0.15) is 29.5 Å². The van der Waals surface area contributed by atoms with Crippen molar-refractivity contribution in [2.24, 2.45) is 0 Å². The maximum Gasteiger partial charge on any atom is 0.226 e. The molecule has 0 aliphatic carbocycles. The summed E-state index contributed by atoms with van der Waals surface area (Å²) in [6, 6.07) is 10.5. The minimum absolute atomic E-state index is 0.00894. The Kier molecular flexibility index (Phi) is 3.91. The van der Waals surface area contributed by atoms with E-state index in [1.165, 1.54) is 10.9 Å². The molecule has 0 radical (unpaired) electrons. The maximum atomic E-state index is 14.2. The highest BCUT2D eigenvalue weighted by Crippen LogP contribution is 2.38. The molecule has 5 nitrogen and oxygen atoms in total. The first-order valence-electron chi connectivity index (χ1n) is 8.03. The lowest BCUT2D eigenvalue weighted by Crippen LogP contribution is -2.25. The van der Waals surface area contributed by atoms with Crippen molar-refractivity contribution in [3.05, 3.63) is 71.7 Å². The van der Waals surface area contributed by atoms with Gasteiger partial charge in [0.15, 0.2) is 0 Å². The molecule has 2 heterocycles. The van der Waals surface area contributed by atoms with Crippen LogP contribution in [-0.4, -0.2) is 22.6 Å². The van der Waals surface area contributed by atoms with Crippen LogP contribution in [0.25, 0.3) is 5.69 Å². The number of carbonyl (C=O) groups excluding carboxylic acids is 1. The highest BCUT2D eigenvalue weighted by atomic mass is 19.1. The fourth-order valence-electron chi connectivity index (χ4n) is 3.19. The van der Waals surface area contributed by atoms with E-state index < -0.39 is 11.6 Å². The van der Waals surface area contributed by atoms with Gasteiger partial charge >= 0.3 is 0 Å². The zero-order valence-corrected chi connectivity index (χ0v) is 13.9. The molecule has 0 fully saturated rings. The van der Waals surface area contributed by atoms with E-state index in [4.69, 9.17) is 4.74 Å². The van der Waals surface area contributed by atoms with Gasteiger partial charge in [-0.3, -0.25) is 9.36 Å². The summed E-state index contributed by atoms with van der Waals surface area (Å²) < 4.78 is 34.4. The van der Waals surface area contributed by atoms with E-state index in [9.17, 15) is 13.6 Å². The van der Waals surface area contributed by atoms with E-state index in [1.807, 2.05) is 24.3 Å². The van der Waals surface area contributed by atoms with E-state index in [1.54, 1.807) is 7.11 Å². The van der Waals surface area contributed by atoms with Crippen molar-refractivity contribution >= 4 is 11.7 Å². The molecule has 0 unspecified atom stereocenters. The first-order valence-corrected chi connectivity index (χ1v) is 8.03. The normalized spacial score (nSPS) is 16.1. The van der Waals surface area contributed by atoms with Crippen molar-refractivity contribution in [1.29, 1.82) is 0 Å². The van der Waals surface area contributed by atoms with Gasteiger partial charge < -0.3 is 10.1 Å². The summed E-state index contributed by atoms with van der Waals surface area (Å²) in [6.45, 7) is 0. The number of aromatic nitrogens is 2. The van der Waals surface area contributed by atoms with Crippen LogP contribution in [0.1, 0.15) is 23.6 Å². The van der Waals surface area contributed by atoms with Gasteiger partial charge in [0.2, 0.25) is 5.91 Å². The SMILES string of the molecule is COc1cccc([C@H]2CC(=O)Nc3c2ncn3-c2cc(F)ccc2F)c1. The number of nitrogens with one attached hydrogen (secondary N) is 1. The molecule has 3 aromatic rings. The van der Waals surface area contributed by atoms with Crippen LogP contribution in [0.15, 0.2) is 48.8 Å². The molecule has 1 N–H and O–H groups in total. The smallest absolute Gasteiger partial charge is 0.226 e. The van der Waals surface area contributed by atoms with Gasteiger partial charge in [-0.05, 0) is 29.8 Å². The number of hydrogen-bond donors (Lipinski definition) is 1. The van der Waals surface area contributed by atoms with E-state index in [2.05, 4.69) is 10.3 Å². The zero-order valence-electron chi connectivity index (χ0n) is 13.9. The van der Waals surface area contributed by atoms with Crippen LogP contribution in [0.4, 0.5) is 14.6 Å². The second-order valence-electron chi connectivity index (χ2n) is 6.03. The third kappa shape index (κ3) is 2.71. The van der Waals surface area contributed by atoms with Crippen molar-refractivity contribution in [1.82, 2.24) is 9.55 Å². The van der Waals surface area contributed by atoms with E-state index in [0.717, 1.165) is 23.8 Å². The number of benzene rings is 2. The molecule has 1 aromatic heterocycles. The van der Waals surface area contributed by atoms with Gasteiger partial charge in [0.25, 0.3) is 0 Å². The van der Waals surface area contributed by atoms with Gasteiger partial charge in [0.05, 0.1) is 18.5 Å². The monoisotopic (exact) mass is 355 g/mol. The summed E-state index contributed by atoms with van der Waals surface area (Å²) >= 11 is 0. The Morgan fingerprint density at radius 2 is 2.08 bits per heavy atom. The summed E-state index contributed by atoms with van der Waals surface area (Å²) in [5.74, 6) is -0.681. The number of hydrogen-bond acceptors (Lipinski definition) is 3. The number of ether oxygens (including phenoxy) is 1. The molecule has 1 amide bonds. The topological polar surface area (TPSA) is 56.1 Å². The van der Waals surface area contributed by atoms with E-state index >= 15 is 0 Å². The van der Waals surface area contributed by atoms with Crippen molar-refractivity contribution in [3.8, 4) is 11.4 Å². The Hall–Kier alpha value is -3.22. The predicted molar refractivity (Wildman–Crippen MR) is 91.6 cm³/mol. The van der Waals surface area contributed by atoms with Crippen LogP contribution in [0.5, 0.6) is 5.75 Å². The first-order chi connectivity index (χ1) is 12.6. The van der Waals surface area contributed by atoms with E-state index in [0.29, 0.717) is 17.3 Å². The molecular weight excluding hydrogens is 340 g/mol. The molecule has 1 aliphatic rings. The molecule has 0 bridgehead atoms. The second kappa shape index (κ2) is 6.25. The van der Waals surface area contributed by atoms with E-state index in [-0.39, 0.29) is 23.9 Å². The molecule has 2 aromatic carbocycles. The number of methoxy groups -OCH3 is 1. The molecule has 0 saturated carbocycles. The molecule has 132 valence electrons. The Morgan fingerprint density at radius 1 is 1.23 bits per heavy atom. The number of halogens is 2. The van der Waals surface area contributed by atoms with Gasteiger partial charge in [-0.2, -0.15) is 0 Å². The lowest BCUT2D eigenvalue weighted by atomic mass is 9.89. The van der Waals surface area contributed by atoms with Crippen LogP contribution in [0.2, 0.25) is 0 Å². The molecule has 0 saturated heterocycles.